The topological polar surface area (TPSA) is 155 Å². The average molecular weight is 650 g/mol. The molecule has 2 aromatic carbocycles. The molecule has 3 fully saturated rings. The van der Waals surface area contributed by atoms with Crippen molar-refractivity contribution in [1.82, 2.24) is 9.88 Å². The number of carboxylic acid groups (broad SMARTS) is 1. The smallest absolute Gasteiger partial charge is 0.326 e. The number of aromatic nitrogens is 1. The Morgan fingerprint density at radius 2 is 1.78 bits per heavy atom. The largest absolute Gasteiger partial charge is 0.490 e. The molecule has 2 bridgehead atoms. The molecular weight excluding hydrogens is 618 g/mol. The molecule has 1 saturated heterocycles. The fraction of sp³-hybridized carbons (Fsp3) is 0.406. The highest BCUT2D eigenvalue weighted by Gasteiger charge is 2.70. The normalized spacial score (nSPS) is 28.3. The lowest BCUT2D eigenvalue weighted by Gasteiger charge is -2.43. The highest BCUT2D eigenvalue weighted by molar-refractivity contribution is 8.00. The average Bonchev–Trinajstić information content (AvgIpc) is 3.75. The van der Waals surface area contributed by atoms with Crippen molar-refractivity contribution in [2.75, 3.05) is 18.5 Å². The molecule has 0 radical (unpaired) electrons. The number of imide groups is 1. The molecule has 7 unspecified atom stereocenters. The first-order chi connectivity index (χ1) is 21.7. The lowest BCUT2D eigenvalue weighted by molar-refractivity contribution is -0.154. The maximum atomic E-state index is 13.6. The number of aliphatic carboxylic acids is 1. The molecule has 1 aromatic heterocycles. The minimum absolute atomic E-state index is 0.0380. The minimum Gasteiger partial charge on any atom is -0.490 e. The number of ether oxygens (including phenoxy) is 2. The van der Waals surface area contributed by atoms with Gasteiger partial charge in [0.1, 0.15) is 6.04 Å². The molecule has 3 N–H and O–H groups in total. The van der Waals surface area contributed by atoms with Gasteiger partial charge in [0.05, 0.1) is 23.5 Å². The van der Waals surface area contributed by atoms with Crippen LogP contribution < -0.4 is 19.7 Å². The molecule has 7 rings (SSSR count). The fourth-order valence-corrected chi connectivity index (χ4v) is 10.8. The summed E-state index contributed by atoms with van der Waals surface area (Å²) < 4.78 is 11.8. The second kappa shape index (κ2) is 11.4. The van der Waals surface area contributed by atoms with Gasteiger partial charge in [-0.05, 0) is 67.9 Å². The number of benzene rings is 2. The zero-order chi connectivity index (χ0) is 31.6. The van der Waals surface area contributed by atoms with Crippen LogP contribution in [0.4, 0.5) is 5.69 Å². The van der Waals surface area contributed by atoms with E-state index < -0.39 is 35.7 Å². The molecule has 3 heterocycles. The van der Waals surface area contributed by atoms with E-state index in [0.717, 1.165) is 31.7 Å². The summed E-state index contributed by atoms with van der Waals surface area (Å²) in [5.41, 5.74) is 1.54. The number of carboxylic acids is 1. The predicted octanol–water partition coefficient (Wildman–Crippen LogP) is 3.80. The summed E-state index contributed by atoms with van der Waals surface area (Å²) in [6, 6.07) is 13.4. The first-order valence-corrected chi connectivity index (χ1v) is 16.6. The van der Waals surface area contributed by atoms with Gasteiger partial charge >= 0.3 is 10.8 Å². The summed E-state index contributed by atoms with van der Waals surface area (Å²) in [5.74, 6) is -3.20. The van der Waals surface area contributed by atoms with Gasteiger partial charge in [0.15, 0.2) is 18.1 Å². The summed E-state index contributed by atoms with van der Waals surface area (Å²) in [4.78, 5) is 68.7. The van der Waals surface area contributed by atoms with Crippen LogP contribution in [0.3, 0.4) is 0 Å². The molecule has 2 aliphatic carbocycles. The summed E-state index contributed by atoms with van der Waals surface area (Å²) in [7, 11) is 0. The number of thioether (sulfide) groups is 1. The summed E-state index contributed by atoms with van der Waals surface area (Å²) in [5, 5.41) is 13.1. The number of amides is 3. The number of carbonyl (C=O) groups is 4. The van der Waals surface area contributed by atoms with E-state index in [4.69, 9.17) is 9.47 Å². The van der Waals surface area contributed by atoms with Gasteiger partial charge in [-0.1, -0.05) is 35.6 Å². The van der Waals surface area contributed by atoms with E-state index in [9.17, 15) is 29.1 Å². The Morgan fingerprint density at radius 1 is 1.04 bits per heavy atom. The maximum Gasteiger partial charge on any atom is 0.326 e. The van der Waals surface area contributed by atoms with Crippen LogP contribution in [-0.4, -0.2) is 63.2 Å². The summed E-state index contributed by atoms with van der Waals surface area (Å²) >= 11 is 2.71. The SMILES string of the molecule is CCOc1cc([C@H]2c3sc(=O)[nH]c3SC3C4CC(C5C(=O)N(C(C)C(=O)O)C(=O)C45)C32)ccc1OCC(=O)Nc1ccccc1. The van der Waals surface area contributed by atoms with Crippen molar-refractivity contribution in [2.45, 2.75) is 42.5 Å². The molecule has 8 atom stereocenters. The molecule has 0 spiro atoms. The van der Waals surface area contributed by atoms with Gasteiger partial charge in [0.2, 0.25) is 11.8 Å². The lowest BCUT2D eigenvalue weighted by atomic mass is 9.68. The van der Waals surface area contributed by atoms with Crippen LogP contribution in [0, 0.1) is 29.6 Å². The van der Waals surface area contributed by atoms with Gasteiger partial charge in [-0.15, -0.1) is 11.8 Å². The molecule has 45 heavy (non-hydrogen) atoms. The summed E-state index contributed by atoms with van der Waals surface area (Å²) in [6.45, 7) is 3.35. The standard InChI is InChI=1S/C32H31N3O8S2/c1-3-42-20-11-15(9-10-19(20)43-13-21(36)33-16-7-5-4-6-8-16)22-23-17-12-18(26(23)44-28-27(22)45-32(41)34-28)25-24(17)29(37)35(30(25)38)14(2)31(39)40/h4-11,14,17-18,22-26H,3,12-13H2,1-2H3,(H,33,36)(H,34,41)(H,39,40)/t14?,17?,18?,22-,23?,24?,25?,26?/m1/s1. The zero-order valence-corrected chi connectivity index (χ0v) is 26.1. The van der Waals surface area contributed by atoms with Crippen LogP contribution in [0.25, 0.3) is 0 Å². The first kappa shape index (κ1) is 29.6. The second-order valence-electron chi connectivity index (χ2n) is 11.9. The van der Waals surface area contributed by atoms with Crippen molar-refractivity contribution < 1.29 is 33.8 Å². The van der Waals surface area contributed by atoms with Gasteiger partial charge in [-0.3, -0.25) is 24.1 Å². The summed E-state index contributed by atoms with van der Waals surface area (Å²) in [6.07, 6.45) is 0.691. The number of H-pyrrole nitrogens is 1. The van der Waals surface area contributed by atoms with Crippen LogP contribution >= 0.6 is 23.1 Å². The molecule has 4 aliphatic rings. The van der Waals surface area contributed by atoms with Gasteiger partial charge in [-0.2, -0.15) is 0 Å². The molecule has 13 heteroatoms. The number of hydrogen-bond acceptors (Lipinski definition) is 9. The number of fused-ring (bicyclic) bond motifs is 9. The van der Waals surface area contributed by atoms with Crippen molar-refractivity contribution in [1.29, 1.82) is 0 Å². The Labute approximate surface area is 266 Å². The maximum absolute atomic E-state index is 13.6. The van der Waals surface area contributed by atoms with Crippen LogP contribution in [0.5, 0.6) is 11.5 Å². The van der Waals surface area contributed by atoms with Gasteiger partial charge < -0.3 is 24.9 Å². The van der Waals surface area contributed by atoms with Crippen LogP contribution in [0.2, 0.25) is 0 Å². The van der Waals surface area contributed by atoms with Gasteiger partial charge in [0, 0.05) is 21.7 Å². The second-order valence-corrected chi connectivity index (χ2v) is 14.1. The Hall–Kier alpha value is -4.10. The number of carbonyl (C=O) groups excluding carboxylic acids is 3. The van der Waals surface area contributed by atoms with E-state index in [1.807, 2.05) is 37.3 Å². The number of rotatable bonds is 9. The van der Waals surface area contributed by atoms with Gasteiger partial charge in [-0.25, -0.2) is 4.79 Å². The number of hydrogen-bond donors (Lipinski definition) is 3. The Morgan fingerprint density at radius 3 is 2.49 bits per heavy atom. The van der Waals surface area contributed by atoms with Gasteiger partial charge in [0.25, 0.3) is 5.91 Å². The quantitative estimate of drug-likeness (QED) is 0.294. The van der Waals surface area contributed by atoms with Crippen LogP contribution in [-0.2, 0) is 19.2 Å². The molecule has 2 aliphatic heterocycles. The molecule has 3 amide bonds. The Kier molecular flexibility index (Phi) is 7.47. The first-order valence-electron chi connectivity index (χ1n) is 14.9. The van der Waals surface area contributed by atoms with E-state index >= 15 is 0 Å². The lowest BCUT2D eigenvalue weighted by Crippen LogP contribution is -2.44. The number of thiazole rings is 1. The highest BCUT2D eigenvalue weighted by Crippen LogP contribution is 2.68. The van der Waals surface area contributed by atoms with Crippen LogP contribution in [0.1, 0.15) is 36.6 Å². The molecular formula is C32H31N3O8S2. The fourth-order valence-electron chi connectivity index (χ4n) is 7.87. The number of likely N-dealkylation sites (tertiary alicyclic amines) is 1. The van der Waals surface area contributed by atoms with Crippen molar-refractivity contribution in [3.63, 3.8) is 0 Å². The Bertz CT molecular complexity index is 1760. The third-order valence-electron chi connectivity index (χ3n) is 9.55. The van der Waals surface area contributed by atoms with E-state index in [2.05, 4.69) is 10.3 Å². The van der Waals surface area contributed by atoms with Crippen molar-refractivity contribution in [3.05, 3.63) is 68.6 Å². The molecule has 11 nitrogen and oxygen atoms in total. The van der Waals surface area contributed by atoms with E-state index in [-0.39, 0.29) is 46.3 Å². The number of nitrogens with one attached hydrogen (secondary N) is 2. The third kappa shape index (κ3) is 4.83. The van der Waals surface area contributed by atoms with Crippen molar-refractivity contribution >= 4 is 52.5 Å². The molecule has 234 valence electrons. The number of aromatic amines is 1. The number of anilines is 1. The molecule has 2 saturated carbocycles. The zero-order valence-electron chi connectivity index (χ0n) is 24.4. The van der Waals surface area contributed by atoms with Crippen molar-refractivity contribution in [2.24, 2.45) is 29.6 Å². The van der Waals surface area contributed by atoms with Crippen molar-refractivity contribution in [3.8, 4) is 11.5 Å². The number of para-hydroxylation sites is 1. The Balaban J connectivity index is 1.20. The van der Waals surface area contributed by atoms with E-state index in [1.165, 1.54) is 6.92 Å². The van der Waals surface area contributed by atoms with E-state index in [1.54, 1.807) is 30.0 Å². The monoisotopic (exact) mass is 649 g/mol. The third-order valence-corrected chi connectivity index (χ3v) is 12.1. The van der Waals surface area contributed by atoms with E-state index in [0.29, 0.717) is 30.2 Å². The predicted molar refractivity (Wildman–Crippen MR) is 166 cm³/mol. The number of nitrogens with zero attached hydrogens (tertiary/aromatic N) is 1. The highest BCUT2D eigenvalue weighted by atomic mass is 32.2. The minimum atomic E-state index is -1.23. The van der Waals surface area contributed by atoms with Crippen LogP contribution in [0.15, 0.2) is 58.4 Å². The molecule has 3 aromatic rings.